The summed E-state index contributed by atoms with van der Waals surface area (Å²) < 4.78 is 11.1. The molecule has 0 heterocycles. The minimum absolute atomic E-state index is 0.0495. The van der Waals surface area contributed by atoms with E-state index in [0.717, 1.165) is 44.9 Å². The minimum atomic E-state index is -0.114. The zero-order valence-electron chi connectivity index (χ0n) is 25.3. The molecule has 220 valence electrons. The van der Waals surface area contributed by atoms with Crippen molar-refractivity contribution in [2.24, 2.45) is 5.92 Å². The van der Waals surface area contributed by atoms with Gasteiger partial charge in [-0.05, 0) is 32.1 Å². The molecule has 0 amide bonds. The van der Waals surface area contributed by atoms with Crippen LogP contribution in [0, 0.1) is 5.92 Å². The molecule has 0 fully saturated rings. The largest absolute Gasteiger partial charge is 0.466 e. The fraction of sp³-hybridized carbons (Fsp3) is 0.939. The maximum absolute atomic E-state index is 12.8. The van der Waals surface area contributed by atoms with E-state index in [1.165, 1.54) is 103 Å². The van der Waals surface area contributed by atoms with E-state index in [1.807, 2.05) is 0 Å². The molecule has 0 aromatic heterocycles. The SMILES string of the molecule is CCCCCCCCCCCC(CCCC(=O)OCCCCCCCCC)C(=O)OCCCCCCC. The Morgan fingerprint density at radius 2 is 0.838 bits per heavy atom. The van der Waals surface area contributed by atoms with Crippen LogP contribution in [0.15, 0.2) is 0 Å². The van der Waals surface area contributed by atoms with Crippen LogP contribution < -0.4 is 0 Å². The van der Waals surface area contributed by atoms with Crippen LogP contribution in [0.25, 0.3) is 0 Å². The highest BCUT2D eigenvalue weighted by Crippen LogP contribution is 2.20. The maximum atomic E-state index is 12.8. The highest BCUT2D eigenvalue weighted by Gasteiger charge is 2.20. The Morgan fingerprint density at radius 3 is 1.32 bits per heavy atom. The Morgan fingerprint density at radius 1 is 0.459 bits per heavy atom. The fourth-order valence-electron chi connectivity index (χ4n) is 4.89. The number of esters is 2. The molecule has 0 rings (SSSR count). The molecule has 0 aromatic rings. The van der Waals surface area contributed by atoms with Crippen LogP contribution in [-0.4, -0.2) is 25.2 Å². The second kappa shape index (κ2) is 29.5. The Bertz CT molecular complexity index is 491. The predicted molar refractivity (Wildman–Crippen MR) is 158 cm³/mol. The molecule has 0 aliphatic carbocycles. The van der Waals surface area contributed by atoms with Crippen molar-refractivity contribution in [1.29, 1.82) is 0 Å². The first-order valence-electron chi connectivity index (χ1n) is 16.5. The molecular formula is C33H64O4. The summed E-state index contributed by atoms with van der Waals surface area (Å²) in [6.07, 6.45) is 28.6. The van der Waals surface area contributed by atoms with Crippen molar-refractivity contribution in [3.63, 3.8) is 0 Å². The Labute approximate surface area is 231 Å². The van der Waals surface area contributed by atoms with Gasteiger partial charge in [-0.2, -0.15) is 0 Å². The molecule has 0 N–H and O–H groups in total. The smallest absolute Gasteiger partial charge is 0.308 e. The van der Waals surface area contributed by atoms with Gasteiger partial charge in [0.1, 0.15) is 0 Å². The van der Waals surface area contributed by atoms with Gasteiger partial charge in [0, 0.05) is 6.42 Å². The Kier molecular flexibility index (Phi) is 28.7. The molecular weight excluding hydrogens is 460 g/mol. The number of rotatable bonds is 29. The van der Waals surface area contributed by atoms with Crippen molar-refractivity contribution < 1.29 is 19.1 Å². The number of carbonyl (C=O) groups excluding carboxylic acids is 2. The molecule has 1 atom stereocenters. The summed E-state index contributed by atoms with van der Waals surface area (Å²) in [4.78, 5) is 24.9. The van der Waals surface area contributed by atoms with Crippen LogP contribution in [0.4, 0.5) is 0 Å². The third-order valence-electron chi connectivity index (χ3n) is 7.43. The van der Waals surface area contributed by atoms with Gasteiger partial charge >= 0.3 is 11.9 Å². The van der Waals surface area contributed by atoms with Gasteiger partial charge in [0.05, 0.1) is 19.1 Å². The van der Waals surface area contributed by atoms with E-state index in [4.69, 9.17) is 9.47 Å². The lowest BCUT2D eigenvalue weighted by molar-refractivity contribution is -0.150. The molecule has 0 radical (unpaired) electrons. The maximum Gasteiger partial charge on any atom is 0.308 e. The van der Waals surface area contributed by atoms with Crippen molar-refractivity contribution in [2.75, 3.05) is 13.2 Å². The van der Waals surface area contributed by atoms with Gasteiger partial charge in [0.25, 0.3) is 0 Å². The molecule has 0 bridgehead atoms. The van der Waals surface area contributed by atoms with E-state index in [0.29, 0.717) is 26.1 Å². The van der Waals surface area contributed by atoms with Crippen LogP contribution in [-0.2, 0) is 19.1 Å². The highest BCUT2D eigenvalue weighted by molar-refractivity contribution is 5.72. The van der Waals surface area contributed by atoms with Crippen molar-refractivity contribution in [3.8, 4) is 0 Å². The first-order chi connectivity index (χ1) is 18.2. The molecule has 0 aliphatic heterocycles. The van der Waals surface area contributed by atoms with Gasteiger partial charge < -0.3 is 9.47 Å². The van der Waals surface area contributed by atoms with Crippen LogP contribution in [0.2, 0.25) is 0 Å². The number of unbranched alkanes of at least 4 members (excludes halogenated alkanes) is 18. The number of ether oxygens (including phenoxy) is 2. The van der Waals surface area contributed by atoms with Crippen LogP contribution in [0.1, 0.15) is 181 Å². The third kappa shape index (κ3) is 26.3. The second-order valence-corrected chi connectivity index (χ2v) is 11.1. The molecule has 0 aliphatic rings. The molecule has 1 unspecified atom stereocenters. The number of hydrogen-bond donors (Lipinski definition) is 0. The molecule has 0 spiro atoms. The predicted octanol–water partition coefficient (Wildman–Crippen LogP) is 10.5. The second-order valence-electron chi connectivity index (χ2n) is 11.1. The molecule has 0 aromatic carbocycles. The molecule has 4 nitrogen and oxygen atoms in total. The molecule has 0 saturated carbocycles. The first-order valence-corrected chi connectivity index (χ1v) is 16.5. The summed E-state index contributed by atoms with van der Waals surface area (Å²) in [7, 11) is 0. The average Bonchev–Trinajstić information content (AvgIpc) is 2.90. The van der Waals surface area contributed by atoms with Crippen molar-refractivity contribution in [2.45, 2.75) is 181 Å². The van der Waals surface area contributed by atoms with Crippen LogP contribution in [0.3, 0.4) is 0 Å². The average molecular weight is 525 g/mol. The minimum Gasteiger partial charge on any atom is -0.466 e. The van der Waals surface area contributed by atoms with Gasteiger partial charge in [0.2, 0.25) is 0 Å². The monoisotopic (exact) mass is 524 g/mol. The lowest BCUT2D eigenvalue weighted by Crippen LogP contribution is -2.19. The van der Waals surface area contributed by atoms with Crippen LogP contribution in [0.5, 0.6) is 0 Å². The molecule has 4 heteroatoms. The zero-order valence-corrected chi connectivity index (χ0v) is 25.3. The van der Waals surface area contributed by atoms with Gasteiger partial charge in [-0.15, -0.1) is 0 Å². The van der Waals surface area contributed by atoms with Gasteiger partial charge in [-0.25, -0.2) is 0 Å². The fourth-order valence-corrected chi connectivity index (χ4v) is 4.89. The summed E-state index contributed by atoms with van der Waals surface area (Å²) in [5.74, 6) is -0.236. The van der Waals surface area contributed by atoms with E-state index in [1.54, 1.807) is 0 Å². The van der Waals surface area contributed by atoms with E-state index in [2.05, 4.69) is 20.8 Å². The third-order valence-corrected chi connectivity index (χ3v) is 7.43. The topological polar surface area (TPSA) is 52.6 Å². The summed E-state index contributed by atoms with van der Waals surface area (Å²) in [5, 5.41) is 0. The van der Waals surface area contributed by atoms with Crippen LogP contribution >= 0.6 is 0 Å². The molecule has 37 heavy (non-hydrogen) atoms. The Balaban J connectivity index is 4.15. The lowest BCUT2D eigenvalue weighted by Gasteiger charge is -2.16. The normalized spacial score (nSPS) is 12.0. The number of hydrogen-bond acceptors (Lipinski definition) is 4. The zero-order chi connectivity index (χ0) is 27.2. The first kappa shape index (κ1) is 35.9. The van der Waals surface area contributed by atoms with E-state index >= 15 is 0 Å². The summed E-state index contributed by atoms with van der Waals surface area (Å²) in [5.41, 5.74) is 0. The summed E-state index contributed by atoms with van der Waals surface area (Å²) in [6, 6.07) is 0. The van der Waals surface area contributed by atoms with Crippen molar-refractivity contribution in [1.82, 2.24) is 0 Å². The van der Waals surface area contributed by atoms with E-state index in [9.17, 15) is 9.59 Å². The Hall–Kier alpha value is -1.06. The standard InChI is InChI=1S/C33H64O4/c1-4-7-10-13-15-16-17-19-22-26-31(33(35)37-30-24-20-12-9-6-3)27-25-28-32(34)36-29-23-21-18-14-11-8-5-2/h31H,4-30H2,1-3H3. The summed E-state index contributed by atoms with van der Waals surface area (Å²) >= 11 is 0. The van der Waals surface area contributed by atoms with E-state index in [-0.39, 0.29) is 17.9 Å². The lowest BCUT2D eigenvalue weighted by atomic mass is 9.95. The van der Waals surface area contributed by atoms with Crippen molar-refractivity contribution >= 4 is 11.9 Å². The van der Waals surface area contributed by atoms with Crippen molar-refractivity contribution in [3.05, 3.63) is 0 Å². The summed E-state index contributed by atoms with van der Waals surface area (Å²) in [6.45, 7) is 7.78. The van der Waals surface area contributed by atoms with Gasteiger partial charge in [0.15, 0.2) is 0 Å². The number of carbonyl (C=O) groups is 2. The van der Waals surface area contributed by atoms with E-state index < -0.39 is 0 Å². The highest BCUT2D eigenvalue weighted by atomic mass is 16.5. The molecule has 0 saturated heterocycles. The quantitative estimate of drug-likeness (QED) is 0.0721. The van der Waals surface area contributed by atoms with Gasteiger partial charge in [-0.3, -0.25) is 9.59 Å². The van der Waals surface area contributed by atoms with Gasteiger partial charge in [-0.1, -0.05) is 143 Å².